The van der Waals surface area contributed by atoms with E-state index in [1.54, 1.807) is 0 Å². The zero-order valence-electron chi connectivity index (χ0n) is 15.8. The maximum absolute atomic E-state index is 2.29. The van der Waals surface area contributed by atoms with E-state index in [0.29, 0.717) is 0 Å². The van der Waals surface area contributed by atoms with Crippen LogP contribution in [0, 0.1) is 0 Å². The lowest BCUT2D eigenvalue weighted by molar-refractivity contribution is -0.707. The average Bonchev–Trinajstić information content (AvgIpc) is 3.02. The molecule has 2 rings (SSSR count). The molecule has 2 aromatic rings. The first-order valence-corrected chi connectivity index (χ1v) is 8.31. The maximum atomic E-state index is 2.29. The molecule has 0 atom stereocenters. The quantitative estimate of drug-likeness (QED) is 0.210. The number of aromatic nitrogens is 4. The molecule has 6 heteroatoms. The third-order valence-corrected chi connectivity index (χ3v) is 4.01. The summed E-state index contributed by atoms with van der Waals surface area (Å²) in [5.41, 5.74) is 0.327. The molecule has 0 radical (unpaired) electrons. The van der Waals surface area contributed by atoms with E-state index in [1.165, 1.54) is 12.8 Å². The Morgan fingerprint density at radius 1 is 0.667 bits per heavy atom. The van der Waals surface area contributed by atoms with Crippen molar-refractivity contribution in [1.82, 2.24) is 9.13 Å². The minimum Gasteiger partial charge on any atom is -1.00 e. The summed E-state index contributed by atoms with van der Waals surface area (Å²) in [6.45, 7) is 15.6. The Balaban J connectivity index is 0.00000264. The first kappa shape index (κ1) is 23.9. The normalized spacial score (nSPS) is 11.8. The molecule has 138 valence electrons. The van der Waals surface area contributed by atoms with Crippen molar-refractivity contribution in [1.29, 1.82) is 0 Å². The van der Waals surface area contributed by atoms with Crippen molar-refractivity contribution in [2.24, 2.45) is 0 Å². The van der Waals surface area contributed by atoms with Crippen LogP contribution in [0.1, 0.15) is 54.4 Å². The largest absolute Gasteiger partial charge is 1.00 e. The number of aryl methyl sites for hydroxylation is 2. The van der Waals surface area contributed by atoms with Crippen LogP contribution in [0.3, 0.4) is 0 Å². The van der Waals surface area contributed by atoms with Crippen LogP contribution < -0.4 is 57.1 Å². The average molecular weight is 558 g/mol. The first-order chi connectivity index (χ1) is 10.2. The van der Waals surface area contributed by atoms with Gasteiger partial charge in [0.05, 0.1) is 13.1 Å². The van der Waals surface area contributed by atoms with Crippen LogP contribution in [0.2, 0.25) is 0 Å². The molecule has 2 aromatic heterocycles. The Kier molecular flexibility index (Phi) is 9.49. The van der Waals surface area contributed by atoms with Crippen molar-refractivity contribution in [3.05, 3.63) is 37.4 Å². The zero-order valence-corrected chi connectivity index (χ0v) is 20.2. The molecule has 0 fully saturated rings. The topological polar surface area (TPSA) is 17.6 Å². The van der Waals surface area contributed by atoms with Gasteiger partial charge in [0.25, 0.3) is 0 Å². The fourth-order valence-electron chi connectivity index (χ4n) is 2.44. The molecule has 0 unspecified atom stereocenters. The summed E-state index contributed by atoms with van der Waals surface area (Å²) in [6.07, 6.45) is 15.5. The molecule has 0 aromatic carbocycles. The minimum atomic E-state index is 0. The number of unbranched alkanes of at least 4 members (excludes halogenated alkanes) is 1. The van der Waals surface area contributed by atoms with E-state index in [1.807, 2.05) is 0 Å². The lowest BCUT2D eigenvalue weighted by Crippen LogP contribution is -3.00. The van der Waals surface area contributed by atoms with Gasteiger partial charge in [-0.15, -0.1) is 0 Å². The van der Waals surface area contributed by atoms with Gasteiger partial charge in [-0.25, -0.2) is 18.3 Å². The number of hydrogen-bond acceptors (Lipinski definition) is 0. The molecule has 0 saturated carbocycles. The maximum Gasteiger partial charge on any atom is 0.244 e. The summed E-state index contributed by atoms with van der Waals surface area (Å²) in [6, 6.07) is 0. The second-order valence-electron chi connectivity index (χ2n) is 8.17. The molecule has 0 aliphatic rings. The van der Waals surface area contributed by atoms with Gasteiger partial charge in [-0.2, -0.15) is 0 Å². The Bertz CT molecular complexity index is 549. The predicted octanol–water partition coefficient (Wildman–Crippen LogP) is -3.14. The van der Waals surface area contributed by atoms with Gasteiger partial charge in [0.15, 0.2) is 0 Å². The lowest BCUT2D eigenvalue weighted by Gasteiger charge is -2.13. The third kappa shape index (κ3) is 7.01. The smallest absolute Gasteiger partial charge is 0.244 e. The predicted molar refractivity (Wildman–Crippen MR) is 88.5 cm³/mol. The number of halogens is 2. The summed E-state index contributed by atoms with van der Waals surface area (Å²) < 4.78 is 9.11. The summed E-state index contributed by atoms with van der Waals surface area (Å²) >= 11 is 0. The number of hydrogen-bond donors (Lipinski definition) is 0. The molecule has 0 aliphatic carbocycles. The van der Waals surface area contributed by atoms with Crippen LogP contribution >= 0.6 is 0 Å². The second-order valence-corrected chi connectivity index (χ2v) is 8.17. The highest BCUT2D eigenvalue weighted by Gasteiger charge is 2.20. The Labute approximate surface area is 181 Å². The SMILES string of the molecule is CC(C)(C)n1cc[n+](CCCC[n+]2ccn(C(C)(C)C)c2)c1.[I-].[I-]. The molecule has 0 aliphatic heterocycles. The highest BCUT2D eigenvalue weighted by Crippen LogP contribution is 2.12. The van der Waals surface area contributed by atoms with E-state index in [9.17, 15) is 0 Å². The van der Waals surface area contributed by atoms with E-state index in [-0.39, 0.29) is 59.0 Å². The van der Waals surface area contributed by atoms with Gasteiger partial charge in [-0.3, -0.25) is 0 Å². The molecule has 0 saturated heterocycles. The van der Waals surface area contributed by atoms with E-state index >= 15 is 0 Å². The van der Waals surface area contributed by atoms with E-state index in [4.69, 9.17) is 0 Å². The summed E-state index contributed by atoms with van der Waals surface area (Å²) in [5, 5.41) is 0. The van der Waals surface area contributed by atoms with Gasteiger partial charge in [0, 0.05) is 0 Å². The molecular formula is C18H32I2N4. The summed E-state index contributed by atoms with van der Waals surface area (Å²) in [7, 11) is 0. The van der Waals surface area contributed by atoms with E-state index in [2.05, 4.69) is 97.3 Å². The molecule has 4 nitrogen and oxygen atoms in total. The monoisotopic (exact) mass is 558 g/mol. The van der Waals surface area contributed by atoms with Crippen LogP contribution in [0.4, 0.5) is 0 Å². The number of imidazole rings is 2. The summed E-state index contributed by atoms with van der Waals surface area (Å²) in [4.78, 5) is 0. The van der Waals surface area contributed by atoms with Crippen molar-refractivity contribution in [2.75, 3.05) is 0 Å². The van der Waals surface area contributed by atoms with E-state index < -0.39 is 0 Å². The van der Waals surface area contributed by atoms with Crippen molar-refractivity contribution in [2.45, 2.75) is 78.6 Å². The Morgan fingerprint density at radius 3 is 1.25 bits per heavy atom. The highest BCUT2D eigenvalue weighted by molar-refractivity contribution is 4.79. The van der Waals surface area contributed by atoms with Crippen LogP contribution in [-0.4, -0.2) is 9.13 Å². The van der Waals surface area contributed by atoms with Crippen LogP contribution in [-0.2, 0) is 24.2 Å². The molecule has 0 spiro atoms. The molecule has 24 heavy (non-hydrogen) atoms. The van der Waals surface area contributed by atoms with Gasteiger partial charge in [0.2, 0.25) is 12.7 Å². The molecule has 0 amide bonds. The fraction of sp³-hybridized carbons (Fsp3) is 0.667. The standard InChI is InChI=1S/C18H32N4.2HI/c1-17(2,3)21-13-11-19(15-21)9-7-8-10-20-12-14-22(16-20)18(4,5)6;;/h11-16H,7-10H2,1-6H3;2*1H/q+2;;/p-2. The van der Waals surface area contributed by atoms with Crippen molar-refractivity contribution in [3.63, 3.8) is 0 Å². The Morgan fingerprint density at radius 2 is 1.00 bits per heavy atom. The van der Waals surface area contributed by atoms with Gasteiger partial charge in [-0.1, -0.05) is 0 Å². The molecule has 0 N–H and O–H groups in total. The molecule has 0 bridgehead atoms. The summed E-state index contributed by atoms with van der Waals surface area (Å²) in [5.74, 6) is 0. The fourth-order valence-corrected chi connectivity index (χ4v) is 2.44. The molecular weight excluding hydrogens is 526 g/mol. The van der Waals surface area contributed by atoms with Gasteiger partial charge < -0.3 is 48.0 Å². The van der Waals surface area contributed by atoms with Crippen LogP contribution in [0.5, 0.6) is 0 Å². The van der Waals surface area contributed by atoms with Gasteiger partial charge in [0.1, 0.15) is 35.9 Å². The van der Waals surface area contributed by atoms with Gasteiger partial charge >= 0.3 is 0 Å². The zero-order chi connectivity index (χ0) is 16.4. The Hall–Kier alpha value is -0.120. The van der Waals surface area contributed by atoms with Crippen molar-refractivity contribution >= 4 is 0 Å². The van der Waals surface area contributed by atoms with Crippen molar-refractivity contribution < 1.29 is 57.1 Å². The van der Waals surface area contributed by atoms with E-state index in [0.717, 1.165) is 13.1 Å². The highest BCUT2D eigenvalue weighted by atomic mass is 127. The van der Waals surface area contributed by atoms with Crippen LogP contribution in [0.15, 0.2) is 37.4 Å². The molecule has 2 heterocycles. The number of nitrogens with zero attached hydrogens (tertiary/aromatic N) is 4. The third-order valence-electron chi connectivity index (χ3n) is 4.01. The minimum absolute atomic E-state index is 0. The van der Waals surface area contributed by atoms with Gasteiger partial charge in [-0.05, 0) is 54.4 Å². The lowest BCUT2D eigenvalue weighted by atomic mass is 10.1. The van der Waals surface area contributed by atoms with Crippen molar-refractivity contribution in [3.8, 4) is 0 Å². The number of rotatable bonds is 5. The first-order valence-electron chi connectivity index (χ1n) is 8.31. The second kappa shape index (κ2) is 9.54. The van der Waals surface area contributed by atoms with Crippen LogP contribution in [0.25, 0.3) is 0 Å².